The van der Waals surface area contributed by atoms with Crippen LogP contribution in [0.25, 0.3) is 22.7 Å². The van der Waals surface area contributed by atoms with E-state index in [-0.39, 0.29) is 36.2 Å². The number of halogens is 3. The first-order valence-corrected chi connectivity index (χ1v) is 13.5. The average molecular weight is 584 g/mol. The number of hydrogen-bond acceptors (Lipinski definition) is 8. The first kappa shape index (κ1) is 29.1. The Labute approximate surface area is 241 Å². The highest BCUT2D eigenvalue weighted by atomic mass is 19.3. The van der Waals surface area contributed by atoms with Gasteiger partial charge in [0.05, 0.1) is 24.8 Å². The number of nitrogens with zero attached hydrogens (tertiary/aromatic N) is 7. The van der Waals surface area contributed by atoms with Crippen molar-refractivity contribution in [2.75, 3.05) is 18.0 Å². The van der Waals surface area contributed by atoms with Crippen LogP contribution >= 0.6 is 0 Å². The summed E-state index contributed by atoms with van der Waals surface area (Å²) >= 11 is 0. The van der Waals surface area contributed by atoms with E-state index in [4.69, 9.17) is 9.15 Å². The van der Waals surface area contributed by atoms with Gasteiger partial charge >= 0.3 is 12.5 Å². The van der Waals surface area contributed by atoms with Crippen LogP contribution in [-0.2, 0) is 11.3 Å². The van der Waals surface area contributed by atoms with Gasteiger partial charge in [0.2, 0.25) is 5.89 Å². The lowest BCUT2D eigenvalue weighted by molar-refractivity contribution is 0.00565. The predicted molar refractivity (Wildman–Crippen MR) is 148 cm³/mol. The van der Waals surface area contributed by atoms with Crippen molar-refractivity contribution in [3.63, 3.8) is 0 Å². The molecule has 2 aromatic heterocycles. The fourth-order valence-corrected chi connectivity index (χ4v) is 5.00. The van der Waals surface area contributed by atoms with Crippen LogP contribution in [0.3, 0.4) is 0 Å². The third-order valence-corrected chi connectivity index (χ3v) is 6.83. The number of carbonyl (C=O) groups excluding carboxylic acids is 1. The van der Waals surface area contributed by atoms with Gasteiger partial charge in [-0.25, -0.2) is 13.9 Å². The van der Waals surface area contributed by atoms with Crippen LogP contribution in [0.1, 0.15) is 52.5 Å². The highest BCUT2D eigenvalue weighted by molar-refractivity contribution is 5.70. The molecule has 42 heavy (non-hydrogen) atoms. The Morgan fingerprint density at radius 2 is 1.79 bits per heavy atom. The Bertz CT molecular complexity index is 1550. The molecule has 1 aliphatic rings. The zero-order valence-electron chi connectivity index (χ0n) is 24.0. The van der Waals surface area contributed by atoms with Crippen molar-refractivity contribution in [1.29, 1.82) is 0 Å². The Hall–Kier alpha value is -4.42. The van der Waals surface area contributed by atoms with Gasteiger partial charge in [0.15, 0.2) is 0 Å². The van der Waals surface area contributed by atoms with E-state index in [0.717, 1.165) is 17.3 Å². The monoisotopic (exact) mass is 583 g/mol. The maximum absolute atomic E-state index is 14.9. The van der Waals surface area contributed by atoms with Gasteiger partial charge in [0, 0.05) is 35.5 Å². The quantitative estimate of drug-likeness (QED) is 0.274. The third-order valence-electron chi connectivity index (χ3n) is 6.83. The maximum atomic E-state index is 14.9. The molecule has 0 bridgehead atoms. The third kappa shape index (κ3) is 6.39. The summed E-state index contributed by atoms with van der Waals surface area (Å²) in [5, 5.41) is 15.3. The minimum Gasteiger partial charge on any atom is -0.444 e. The number of aromatic nitrogens is 5. The van der Waals surface area contributed by atoms with Gasteiger partial charge in [-0.2, -0.15) is 8.78 Å². The molecule has 2 aromatic carbocycles. The topological polar surface area (TPSA) is 102 Å². The number of piperazine rings is 1. The maximum Gasteiger partial charge on any atom is 0.410 e. The number of ether oxygens (including phenoxy) is 1. The fraction of sp³-hybridized carbons (Fsp3) is 0.414. The van der Waals surface area contributed by atoms with E-state index in [0.29, 0.717) is 24.3 Å². The molecule has 1 aliphatic heterocycles. The molecule has 0 spiro atoms. The van der Waals surface area contributed by atoms with E-state index in [1.54, 1.807) is 11.1 Å². The fourth-order valence-electron chi connectivity index (χ4n) is 5.00. The lowest BCUT2D eigenvalue weighted by atomic mass is 10.1. The molecule has 0 radical (unpaired) electrons. The number of hydrogen-bond donors (Lipinski definition) is 0. The normalized spacial score (nSPS) is 17.6. The Morgan fingerprint density at radius 3 is 2.43 bits per heavy atom. The Balaban J connectivity index is 1.27. The molecular weight excluding hydrogens is 551 g/mol. The summed E-state index contributed by atoms with van der Waals surface area (Å²) in [5.41, 5.74) is 2.41. The predicted octanol–water partition coefficient (Wildman–Crippen LogP) is 5.95. The van der Waals surface area contributed by atoms with E-state index < -0.39 is 23.7 Å². The first-order valence-electron chi connectivity index (χ1n) is 13.5. The van der Waals surface area contributed by atoms with Crippen LogP contribution in [0, 0.1) is 5.82 Å². The average Bonchev–Trinajstić information content (AvgIpc) is 3.59. The van der Waals surface area contributed by atoms with Crippen molar-refractivity contribution >= 4 is 11.8 Å². The molecule has 2 atom stereocenters. The smallest absolute Gasteiger partial charge is 0.410 e. The second-order valence-electron chi connectivity index (χ2n) is 11.4. The van der Waals surface area contributed by atoms with E-state index >= 15 is 0 Å². The largest absolute Gasteiger partial charge is 0.444 e. The Morgan fingerprint density at radius 1 is 1.05 bits per heavy atom. The number of rotatable bonds is 6. The van der Waals surface area contributed by atoms with Crippen molar-refractivity contribution < 1.29 is 27.1 Å². The van der Waals surface area contributed by atoms with E-state index in [2.05, 4.69) is 25.4 Å². The van der Waals surface area contributed by atoms with Crippen LogP contribution in [0.4, 0.5) is 23.7 Å². The van der Waals surface area contributed by atoms with Crippen molar-refractivity contribution in [2.24, 2.45) is 0 Å². The molecule has 1 fully saturated rings. The number of alkyl halides is 2. The molecule has 1 saturated heterocycles. The number of benzene rings is 2. The molecule has 10 nitrogen and oxygen atoms in total. The summed E-state index contributed by atoms with van der Waals surface area (Å²) in [7, 11) is 0. The molecule has 222 valence electrons. The van der Waals surface area contributed by atoms with E-state index in [1.165, 1.54) is 16.8 Å². The highest BCUT2D eigenvalue weighted by Crippen LogP contribution is 2.29. The molecule has 3 heterocycles. The van der Waals surface area contributed by atoms with Gasteiger partial charge in [0.25, 0.3) is 5.89 Å². The van der Waals surface area contributed by atoms with Gasteiger partial charge in [-0.05, 0) is 58.9 Å². The number of amides is 1. The van der Waals surface area contributed by atoms with Crippen LogP contribution in [0.15, 0.2) is 53.1 Å². The van der Waals surface area contributed by atoms with Gasteiger partial charge in [-0.3, -0.25) is 4.90 Å². The van der Waals surface area contributed by atoms with Gasteiger partial charge in [-0.15, -0.1) is 15.3 Å². The highest BCUT2D eigenvalue weighted by Gasteiger charge is 2.35. The number of carbonyl (C=O) groups is 1. The van der Waals surface area contributed by atoms with Crippen LogP contribution < -0.4 is 4.90 Å². The molecule has 13 heteroatoms. The summed E-state index contributed by atoms with van der Waals surface area (Å²) in [6, 6.07) is 12.0. The summed E-state index contributed by atoms with van der Waals surface area (Å²) in [5.74, 6) is -1.58. The van der Waals surface area contributed by atoms with Crippen molar-refractivity contribution in [3.8, 4) is 22.7 Å². The lowest BCUT2D eigenvalue weighted by Gasteiger charge is -2.45. The lowest BCUT2D eigenvalue weighted by Crippen LogP contribution is -2.59. The zero-order valence-corrected chi connectivity index (χ0v) is 24.0. The zero-order chi connectivity index (χ0) is 30.2. The second-order valence-corrected chi connectivity index (χ2v) is 11.4. The molecule has 5 rings (SSSR count). The summed E-state index contributed by atoms with van der Waals surface area (Å²) in [6.45, 7) is 11.0. The molecule has 0 N–H and O–H groups in total. The summed E-state index contributed by atoms with van der Waals surface area (Å²) in [4.78, 5) is 16.8. The molecule has 0 saturated carbocycles. The molecule has 1 amide bonds. The standard InChI is InChI=1S/C29H32F3N7O3/c1-17-13-37(14-18(2)39(17)28(40)42-29(3,4)5)22-8-6-7-19(11-22)24-16-38(36-33-24)15-21-10-9-20(12-23(21)30)26-34-35-27(41-26)25(31)32/h6-12,16-18,25H,13-15H2,1-5H3/t17-,18+. The van der Waals surface area contributed by atoms with E-state index in [1.807, 2.05) is 58.9 Å². The SMILES string of the molecule is C[C@@H]1CN(c2cccc(-c3cn(Cc4ccc(-c5nnc(C(F)F)o5)cc4F)nn3)c2)C[C@H](C)N1C(=O)OC(C)(C)C. The van der Waals surface area contributed by atoms with Crippen LogP contribution in [0.5, 0.6) is 0 Å². The van der Waals surface area contributed by atoms with Crippen molar-refractivity contribution in [2.45, 2.75) is 65.3 Å². The van der Waals surface area contributed by atoms with Gasteiger partial charge in [-0.1, -0.05) is 23.4 Å². The summed E-state index contributed by atoms with van der Waals surface area (Å²) in [6.07, 6.45) is -1.49. The summed E-state index contributed by atoms with van der Waals surface area (Å²) < 4.78 is 52.4. The van der Waals surface area contributed by atoms with Gasteiger partial charge < -0.3 is 14.1 Å². The Kier molecular flexibility index (Phi) is 7.93. The van der Waals surface area contributed by atoms with E-state index in [9.17, 15) is 18.0 Å². The first-order chi connectivity index (χ1) is 19.9. The van der Waals surface area contributed by atoms with Crippen molar-refractivity contribution in [3.05, 3.63) is 65.9 Å². The minimum atomic E-state index is -2.90. The van der Waals surface area contributed by atoms with Gasteiger partial charge in [0.1, 0.15) is 17.1 Å². The van der Waals surface area contributed by atoms with Crippen molar-refractivity contribution in [1.82, 2.24) is 30.1 Å². The van der Waals surface area contributed by atoms with Crippen LogP contribution in [-0.4, -0.2) is 67.0 Å². The second kappa shape index (κ2) is 11.5. The molecule has 0 aliphatic carbocycles. The molecule has 4 aromatic rings. The molecule has 0 unspecified atom stereocenters. The minimum absolute atomic E-state index is 0.0550. The number of anilines is 1. The van der Waals surface area contributed by atoms with Crippen LogP contribution in [0.2, 0.25) is 0 Å². The molecular formula is C29H32F3N7O3.